The lowest BCUT2D eigenvalue weighted by molar-refractivity contribution is 0.728. The van der Waals surface area contributed by atoms with E-state index in [1.165, 1.54) is 51.4 Å². The van der Waals surface area contributed by atoms with Gasteiger partial charge in [-0.05, 0) is 32.1 Å². The summed E-state index contributed by atoms with van der Waals surface area (Å²) in [5.41, 5.74) is 0. The molecule has 0 aliphatic rings. The Bertz CT molecular complexity index is 142. The van der Waals surface area contributed by atoms with Crippen LogP contribution in [0.4, 0.5) is 0 Å². The van der Waals surface area contributed by atoms with Gasteiger partial charge < -0.3 is 0 Å². The summed E-state index contributed by atoms with van der Waals surface area (Å²) < 4.78 is 0. The molecule has 0 aromatic carbocycles. The van der Waals surface area contributed by atoms with E-state index >= 15 is 0 Å². The van der Waals surface area contributed by atoms with Gasteiger partial charge in [0.2, 0.25) is 0 Å². The smallest absolute Gasteiger partial charge is 0.0316 e. The SMILES string of the molecule is CCCC=CCCC=CCCCCC. The lowest BCUT2D eigenvalue weighted by Gasteiger charge is -1.91. The maximum absolute atomic E-state index is 2.34. The minimum absolute atomic E-state index is 1.21. The molecule has 14 heavy (non-hydrogen) atoms. The molecule has 0 aliphatic carbocycles. The average Bonchev–Trinajstić information content (AvgIpc) is 2.21. The van der Waals surface area contributed by atoms with Crippen LogP contribution in [0.3, 0.4) is 0 Å². The molecule has 0 aromatic rings. The molecule has 0 unspecified atom stereocenters. The minimum Gasteiger partial charge on any atom is -0.0885 e. The second-order valence-corrected chi connectivity index (χ2v) is 3.80. The summed E-state index contributed by atoms with van der Waals surface area (Å²) in [4.78, 5) is 0. The standard InChI is InChI=1S/C14H26/c1-3-5-7-9-11-13-14-12-10-8-6-4-2/h7,9,12,14H,3-6,8,10-11,13H2,1-2H3. The third kappa shape index (κ3) is 11.5. The minimum atomic E-state index is 1.21. The summed E-state index contributed by atoms with van der Waals surface area (Å²) in [5, 5.41) is 0. The van der Waals surface area contributed by atoms with Gasteiger partial charge in [0, 0.05) is 0 Å². The van der Waals surface area contributed by atoms with Gasteiger partial charge in [-0.2, -0.15) is 0 Å². The van der Waals surface area contributed by atoms with Crippen molar-refractivity contribution in [1.82, 2.24) is 0 Å². The zero-order valence-corrected chi connectivity index (χ0v) is 9.97. The second kappa shape index (κ2) is 12.5. The van der Waals surface area contributed by atoms with Gasteiger partial charge in [-0.25, -0.2) is 0 Å². The summed E-state index contributed by atoms with van der Waals surface area (Å²) in [7, 11) is 0. The maximum Gasteiger partial charge on any atom is -0.0316 e. The van der Waals surface area contributed by atoms with Gasteiger partial charge in [0.25, 0.3) is 0 Å². The van der Waals surface area contributed by atoms with Crippen molar-refractivity contribution in [2.75, 3.05) is 0 Å². The van der Waals surface area contributed by atoms with E-state index in [9.17, 15) is 0 Å². The van der Waals surface area contributed by atoms with Crippen molar-refractivity contribution < 1.29 is 0 Å². The molecule has 0 amide bonds. The topological polar surface area (TPSA) is 0 Å². The number of hydrogen-bond donors (Lipinski definition) is 0. The Kier molecular flexibility index (Phi) is 12.0. The van der Waals surface area contributed by atoms with Crippen LogP contribution >= 0.6 is 0 Å². The van der Waals surface area contributed by atoms with Gasteiger partial charge in [-0.15, -0.1) is 0 Å². The molecule has 0 heteroatoms. The normalized spacial score (nSPS) is 11.9. The van der Waals surface area contributed by atoms with Crippen molar-refractivity contribution in [3.8, 4) is 0 Å². The monoisotopic (exact) mass is 194 g/mol. The molecule has 0 radical (unpaired) electrons. The molecule has 0 rings (SSSR count). The summed E-state index contributed by atoms with van der Waals surface area (Å²) in [6.45, 7) is 4.47. The summed E-state index contributed by atoms with van der Waals surface area (Å²) in [6, 6.07) is 0. The molecule has 0 nitrogen and oxygen atoms in total. The average molecular weight is 194 g/mol. The fourth-order valence-corrected chi connectivity index (χ4v) is 1.34. The number of hydrogen-bond acceptors (Lipinski definition) is 0. The van der Waals surface area contributed by atoms with E-state index in [-0.39, 0.29) is 0 Å². The van der Waals surface area contributed by atoms with Gasteiger partial charge in [0.05, 0.1) is 0 Å². The van der Waals surface area contributed by atoms with E-state index in [2.05, 4.69) is 38.2 Å². The maximum atomic E-state index is 2.34. The molecule has 0 N–H and O–H groups in total. The number of unbranched alkanes of at least 4 members (excludes halogenated alkanes) is 5. The molecule has 0 aliphatic heterocycles. The van der Waals surface area contributed by atoms with Crippen LogP contribution in [-0.2, 0) is 0 Å². The molecule has 0 spiro atoms. The van der Waals surface area contributed by atoms with Crippen LogP contribution < -0.4 is 0 Å². The van der Waals surface area contributed by atoms with Crippen molar-refractivity contribution >= 4 is 0 Å². The Labute approximate surface area is 90.1 Å². The Morgan fingerprint density at radius 3 is 1.71 bits per heavy atom. The molecular weight excluding hydrogens is 168 g/mol. The molecule has 0 fully saturated rings. The third-order valence-electron chi connectivity index (χ3n) is 2.26. The van der Waals surface area contributed by atoms with Crippen molar-refractivity contribution in [3.05, 3.63) is 24.3 Å². The molecule has 0 heterocycles. The van der Waals surface area contributed by atoms with Gasteiger partial charge in [0.15, 0.2) is 0 Å². The van der Waals surface area contributed by atoms with Crippen LogP contribution in [0.2, 0.25) is 0 Å². The van der Waals surface area contributed by atoms with Crippen LogP contribution in [0.25, 0.3) is 0 Å². The fraction of sp³-hybridized carbons (Fsp3) is 0.714. The highest BCUT2D eigenvalue weighted by Crippen LogP contribution is 2.01. The first-order valence-corrected chi connectivity index (χ1v) is 6.21. The Morgan fingerprint density at radius 2 is 1.14 bits per heavy atom. The Morgan fingerprint density at radius 1 is 0.571 bits per heavy atom. The van der Waals surface area contributed by atoms with Crippen molar-refractivity contribution in [2.24, 2.45) is 0 Å². The molecule has 82 valence electrons. The van der Waals surface area contributed by atoms with Gasteiger partial charge >= 0.3 is 0 Å². The first kappa shape index (κ1) is 13.5. The highest BCUT2D eigenvalue weighted by Gasteiger charge is 1.81. The number of rotatable bonds is 9. The zero-order valence-electron chi connectivity index (χ0n) is 9.97. The van der Waals surface area contributed by atoms with E-state index in [0.717, 1.165) is 0 Å². The number of allylic oxidation sites excluding steroid dienone is 4. The third-order valence-corrected chi connectivity index (χ3v) is 2.26. The molecular formula is C14H26. The first-order valence-electron chi connectivity index (χ1n) is 6.21. The summed E-state index contributed by atoms with van der Waals surface area (Å²) in [5.74, 6) is 0. The van der Waals surface area contributed by atoms with E-state index in [1.54, 1.807) is 0 Å². The van der Waals surface area contributed by atoms with Crippen LogP contribution in [0.5, 0.6) is 0 Å². The molecule has 0 atom stereocenters. The Balaban J connectivity index is 3.10. The second-order valence-electron chi connectivity index (χ2n) is 3.80. The van der Waals surface area contributed by atoms with Crippen molar-refractivity contribution in [1.29, 1.82) is 0 Å². The van der Waals surface area contributed by atoms with Crippen molar-refractivity contribution in [2.45, 2.75) is 65.2 Å². The Hall–Kier alpha value is -0.520. The van der Waals surface area contributed by atoms with Crippen LogP contribution in [0.1, 0.15) is 65.2 Å². The lowest BCUT2D eigenvalue weighted by Crippen LogP contribution is -1.71. The van der Waals surface area contributed by atoms with Gasteiger partial charge in [0.1, 0.15) is 0 Å². The lowest BCUT2D eigenvalue weighted by atomic mass is 10.2. The largest absolute Gasteiger partial charge is 0.0885 e. The van der Waals surface area contributed by atoms with Crippen molar-refractivity contribution in [3.63, 3.8) is 0 Å². The van der Waals surface area contributed by atoms with E-state index in [1.807, 2.05) is 0 Å². The van der Waals surface area contributed by atoms with E-state index < -0.39 is 0 Å². The fourth-order valence-electron chi connectivity index (χ4n) is 1.34. The molecule has 0 bridgehead atoms. The highest BCUT2D eigenvalue weighted by molar-refractivity contribution is 4.87. The predicted molar refractivity (Wildman–Crippen MR) is 66.6 cm³/mol. The van der Waals surface area contributed by atoms with Crippen LogP contribution in [0.15, 0.2) is 24.3 Å². The van der Waals surface area contributed by atoms with Gasteiger partial charge in [-0.1, -0.05) is 57.4 Å². The predicted octanol–water partition coefficient (Wildman–Crippen LogP) is 5.26. The van der Waals surface area contributed by atoms with Crippen LogP contribution in [0, 0.1) is 0 Å². The summed E-state index contributed by atoms with van der Waals surface area (Å²) in [6.07, 6.45) is 19.5. The quantitative estimate of drug-likeness (QED) is 0.347. The molecule has 0 saturated heterocycles. The van der Waals surface area contributed by atoms with E-state index in [4.69, 9.17) is 0 Å². The molecule has 0 saturated carbocycles. The summed E-state index contributed by atoms with van der Waals surface area (Å²) >= 11 is 0. The molecule has 0 aromatic heterocycles. The zero-order chi connectivity index (χ0) is 10.5. The van der Waals surface area contributed by atoms with Crippen LogP contribution in [-0.4, -0.2) is 0 Å². The van der Waals surface area contributed by atoms with Gasteiger partial charge in [-0.3, -0.25) is 0 Å². The highest BCUT2D eigenvalue weighted by atomic mass is 13.9. The first-order chi connectivity index (χ1) is 6.91. The van der Waals surface area contributed by atoms with E-state index in [0.29, 0.717) is 0 Å².